The van der Waals surface area contributed by atoms with Crippen molar-refractivity contribution in [2.75, 3.05) is 31.6 Å². The predicted octanol–water partition coefficient (Wildman–Crippen LogP) is 3.04. The van der Waals surface area contributed by atoms with E-state index in [0.29, 0.717) is 37.3 Å². The molecule has 0 spiro atoms. The topological polar surface area (TPSA) is 88.9 Å². The Hall–Kier alpha value is -3.45. The Morgan fingerprint density at radius 1 is 0.966 bits per heavy atom. The summed E-state index contributed by atoms with van der Waals surface area (Å²) in [5, 5.41) is 3.17. The Labute approximate surface area is 167 Å². The number of carbonyl (C=O) groups excluding carboxylic acids is 3. The molecule has 0 atom stereocenters. The number of ketones is 1. The van der Waals surface area contributed by atoms with Crippen LogP contribution >= 0.6 is 0 Å². The van der Waals surface area contributed by atoms with Gasteiger partial charge in [0, 0.05) is 24.0 Å². The fourth-order valence-corrected chi connectivity index (χ4v) is 3.24. The normalized spacial score (nSPS) is 14.0. The van der Waals surface area contributed by atoms with E-state index in [1.165, 1.54) is 0 Å². The number of aryl methyl sites for hydroxylation is 1. The average Bonchev–Trinajstić information content (AvgIpc) is 3.12. The van der Waals surface area contributed by atoms with Gasteiger partial charge in [0.25, 0.3) is 17.6 Å². The minimum absolute atomic E-state index is 0.0122. The first kappa shape index (κ1) is 18.9. The number of anilines is 1. The Balaban J connectivity index is 1.66. The van der Waals surface area contributed by atoms with Crippen LogP contribution in [0.25, 0.3) is 11.0 Å². The van der Waals surface area contributed by atoms with Crippen molar-refractivity contribution in [3.63, 3.8) is 0 Å². The summed E-state index contributed by atoms with van der Waals surface area (Å²) in [6, 6.07) is 13.7. The molecule has 0 aliphatic carbocycles. The van der Waals surface area contributed by atoms with Crippen molar-refractivity contribution in [1.29, 1.82) is 0 Å². The SMILES string of the molecule is Cc1ccc(C(=O)C(=O)Nc2c(C(=O)N3CCOCC3)oc3ccccc23)cc1. The van der Waals surface area contributed by atoms with Gasteiger partial charge in [0.15, 0.2) is 0 Å². The summed E-state index contributed by atoms with van der Waals surface area (Å²) < 4.78 is 11.0. The molecule has 0 bridgehead atoms. The molecule has 2 aromatic carbocycles. The molecule has 4 rings (SSSR count). The molecule has 1 aliphatic rings. The molecule has 7 nitrogen and oxygen atoms in total. The lowest BCUT2D eigenvalue weighted by atomic mass is 10.1. The number of amides is 2. The van der Waals surface area contributed by atoms with Crippen molar-refractivity contribution in [3.05, 3.63) is 65.4 Å². The van der Waals surface area contributed by atoms with Crippen molar-refractivity contribution in [3.8, 4) is 0 Å². The van der Waals surface area contributed by atoms with E-state index in [0.717, 1.165) is 5.56 Å². The summed E-state index contributed by atoms with van der Waals surface area (Å²) >= 11 is 0. The number of morpholine rings is 1. The van der Waals surface area contributed by atoms with Crippen molar-refractivity contribution in [1.82, 2.24) is 4.90 Å². The number of nitrogens with one attached hydrogen (secondary N) is 1. The Bertz CT molecular complexity index is 1080. The lowest BCUT2D eigenvalue weighted by molar-refractivity contribution is -0.112. The van der Waals surface area contributed by atoms with E-state index in [1.54, 1.807) is 53.4 Å². The van der Waals surface area contributed by atoms with Crippen molar-refractivity contribution >= 4 is 34.3 Å². The molecule has 1 aromatic heterocycles. The number of nitrogens with zero attached hydrogens (tertiary/aromatic N) is 1. The fourth-order valence-electron chi connectivity index (χ4n) is 3.24. The number of hydrogen-bond donors (Lipinski definition) is 1. The lowest BCUT2D eigenvalue weighted by Gasteiger charge is -2.26. The molecule has 7 heteroatoms. The smallest absolute Gasteiger partial charge is 0.296 e. The minimum Gasteiger partial charge on any atom is -0.449 e. The molecule has 1 saturated heterocycles. The summed E-state index contributed by atoms with van der Waals surface area (Å²) in [6.45, 7) is 3.66. The molecule has 3 aromatic rings. The van der Waals surface area contributed by atoms with E-state index < -0.39 is 11.7 Å². The van der Waals surface area contributed by atoms with Gasteiger partial charge in [-0.25, -0.2) is 0 Å². The van der Waals surface area contributed by atoms with Crippen LogP contribution in [-0.4, -0.2) is 48.8 Å². The van der Waals surface area contributed by atoms with Crippen LogP contribution in [0.3, 0.4) is 0 Å². The van der Waals surface area contributed by atoms with E-state index in [4.69, 9.17) is 9.15 Å². The molecule has 0 radical (unpaired) electrons. The maximum atomic E-state index is 13.0. The Morgan fingerprint density at radius 3 is 2.38 bits per heavy atom. The van der Waals surface area contributed by atoms with Gasteiger partial charge < -0.3 is 19.4 Å². The molecule has 0 unspecified atom stereocenters. The highest BCUT2D eigenvalue weighted by Gasteiger charge is 2.29. The first-order valence-electron chi connectivity index (χ1n) is 9.35. The van der Waals surface area contributed by atoms with Gasteiger partial charge >= 0.3 is 0 Å². The van der Waals surface area contributed by atoms with Crippen molar-refractivity contribution in [2.45, 2.75) is 6.92 Å². The van der Waals surface area contributed by atoms with Gasteiger partial charge in [-0.2, -0.15) is 0 Å². The quantitative estimate of drug-likeness (QED) is 0.545. The summed E-state index contributed by atoms with van der Waals surface area (Å²) in [4.78, 5) is 39.8. The molecular formula is C22H20N2O5. The van der Waals surface area contributed by atoms with E-state index in [1.807, 2.05) is 6.92 Å². The second-order valence-corrected chi connectivity index (χ2v) is 6.86. The number of hydrogen-bond acceptors (Lipinski definition) is 5. The predicted molar refractivity (Wildman–Crippen MR) is 107 cm³/mol. The zero-order chi connectivity index (χ0) is 20.4. The highest BCUT2D eigenvalue weighted by Crippen LogP contribution is 2.32. The van der Waals surface area contributed by atoms with Crippen LogP contribution < -0.4 is 5.32 Å². The van der Waals surface area contributed by atoms with Gasteiger partial charge in [-0.05, 0) is 19.1 Å². The van der Waals surface area contributed by atoms with E-state index in [-0.39, 0.29) is 22.9 Å². The zero-order valence-corrected chi connectivity index (χ0v) is 15.9. The van der Waals surface area contributed by atoms with E-state index >= 15 is 0 Å². The summed E-state index contributed by atoms with van der Waals surface area (Å²) in [7, 11) is 0. The highest BCUT2D eigenvalue weighted by molar-refractivity contribution is 6.47. The molecular weight excluding hydrogens is 372 g/mol. The van der Waals surface area contributed by atoms with Gasteiger partial charge in [-0.15, -0.1) is 0 Å². The molecule has 2 amide bonds. The van der Waals surface area contributed by atoms with Gasteiger partial charge in [0.2, 0.25) is 5.76 Å². The first-order valence-corrected chi connectivity index (χ1v) is 9.35. The zero-order valence-electron chi connectivity index (χ0n) is 15.9. The van der Waals surface area contributed by atoms with Gasteiger partial charge in [0.1, 0.15) is 11.3 Å². The number of carbonyl (C=O) groups is 3. The third-order valence-corrected chi connectivity index (χ3v) is 4.85. The minimum atomic E-state index is -0.823. The second kappa shape index (κ2) is 7.89. The summed E-state index contributed by atoms with van der Waals surface area (Å²) in [5.74, 6) is -1.84. The number of furan rings is 1. The molecule has 1 N–H and O–H groups in total. The molecule has 2 heterocycles. The monoisotopic (exact) mass is 392 g/mol. The van der Waals surface area contributed by atoms with Gasteiger partial charge in [-0.3, -0.25) is 14.4 Å². The molecule has 29 heavy (non-hydrogen) atoms. The molecule has 148 valence electrons. The average molecular weight is 392 g/mol. The van der Waals surface area contributed by atoms with Gasteiger partial charge in [0.05, 0.1) is 13.2 Å². The maximum Gasteiger partial charge on any atom is 0.296 e. The van der Waals surface area contributed by atoms with Crippen LogP contribution in [0.1, 0.15) is 26.5 Å². The maximum absolute atomic E-state index is 13.0. The summed E-state index contributed by atoms with van der Waals surface area (Å²) in [6.07, 6.45) is 0. The standard InChI is InChI=1S/C22H20N2O5/c1-14-6-8-15(9-7-14)19(25)21(26)23-18-16-4-2-3-5-17(16)29-20(18)22(27)24-10-12-28-13-11-24/h2-9H,10-13H2,1H3,(H,23,26). The second-order valence-electron chi connectivity index (χ2n) is 6.86. The van der Waals surface area contributed by atoms with Gasteiger partial charge in [-0.1, -0.05) is 42.0 Å². The van der Waals surface area contributed by atoms with Crippen molar-refractivity contribution < 1.29 is 23.5 Å². The van der Waals surface area contributed by atoms with E-state index in [9.17, 15) is 14.4 Å². The number of fused-ring (bicyclic) bond motifs is 1. The van der Waals surface area contributed by atoms with Crippen LogP contribution in [0.5, 0.6) is 0 Å². The van der Waals surface area contributed by atoms with Crippen LogP contribution in [0.4, 0.5) is 5.69 Å². The number of rotatable bonds is 4. The molecule has 0 saturated carbocycles. The molecule has 1 aliphatic heterocycles. The fraction of sp³-hybridized carbons (Fsp3) is 0.227. The van der Waals surface area contributed by atoms with Crippen LogP contribution in [0.2, 0.25) is 0 Å². The third kappa shape index (κ3) is 3.77. The number of Topliss-reactive ketones (excluding diaryl/α,β-unsaturated/α-hetero) is 1. The summed E-state index contributed by atoms with van der Waals surface area (Å²) in [5.41, 5.74) is 1.94. The third-order valence-electron chi connectivity index (χ3n) is 4.85. The Kier molecular flexibility index (Phi) is 5.14. The van der Waals surface area contributed by atoms with Crippen molar-refractivity contribution in [2.24, 2.45) is 0 Å². The van der Waals surface area contributed by atoms with E-state index in [2.05, 4.69) is 5.32 Å². The number of benzene rings is 2. The van der Waals surface area contributed by atoms with Crippen LogP contribution in [0, 0.1) is 6.92 Å². The number of ether oxygens (including phenoxy) is 1. The largest absolute Gasteiger partial charge is 0.449 e. The van der Waals surface area contributed by atoms with Crippen LogP contribution in [0.15, 0.2) is 52.9 Å². The molecule has 1 fully saturated rings. The van der Waals surface area contributed by atoms with Crippen LogP contribution in [-0.2, 0) is 9.53 Å². The Morgan fingerprint density at radius 2 is 1.66 bits per heavy atom. The first-order chi connectivity index (χ1) is 14.0. The lowest BCUT2D eigenvalue weighted by Crippen LogP contribution is -2.40. The number of para-hydroxylation sites is 1. The highest BCUT2D eigenvalue weighted by atomic mass is 16.5.